The predicted octanol–water partition coefficient (Wildman–Crippen LogP) is 5.66. The van der Waals surface area contributed by atoms with Gasteiger partial charge in [0.05, 0.1) is 88.5 Å². The Hall–Kier alpha value is -7.46. The molecule has 20 heteroatoms. The molecule has 2 aliphatic heterocycles. The molecule has 6 atom stereocenters. The van der Waals surface area contributed by atoms with Gasteiger partial charge in [-0.15, -0.1) is 0 Å². The molecule has 1 aliphatic carbocycles. The largest absolute Gasteiger partial charge is 0.432 e. The minimum atomic E-state index is -0.459. The number of aryl methyl sites for hydroxylation is 1. The zero-order chi connectivity index (χ0) is 54.1. The van der Waals surface area contributed by atoms with Gasteiger partial charge < -0.3 is 59.7 Å². The number of rotatable bonds is 26. The van der Waals surface area contributed by atoms with E-state index in [0.29, 0.717) is 137 Å². The molecule has 4 heterocycles. The summed E-state index contributed by atoms with van der Waals surface area (Å²) < 4.78 is 28.6. The first-order valence-electron chi connectivity index (χ1n) is 26.6. The molecule has 3 fully saturated rings. The quantitative estimate of drug-likeness (QED) is 0.0296. The van der Waals surface area contributed by atoms with Gasteiger partial charge >= 0.3 is 5.91 Å². The minimum Gasteiger partial charge on any atom is -0.432 e. The number of ether oxygens (including phenoxy) is 4. The van der Waals surface area contributed by atoms with E-state index >= 15 is 0 Å². The molecule has 0 spiro atoms. The summed E-state index contributed by atoms with van der Waals surface area (Å²) in [6, 6.07) is 25.1. The first-order valence-corrected chi connectivity index (χ1v) is 26.6. The Labute approximate surface area is 450 Å². The summed E-state index contributed by atoms with van der Waals surface area (Å²) in [4.78, 5) is 59.9. The van der Waals surface area contributed by atoms with Gasteiger partial charge in [0, 0.05) is 61.1 Å². The van der Waals surface area contributed by atoms with Crippen LogP contribution in [0.1, 0.15) is 89.6 Å². The van der Waals surface area contributed by atoms with Gasteiger partial charge in [0.2, 0.25) is 5.91 Å². The number of nitrogen functional groups attached to an aromatic ring is 1. The number of aromatic nitrogens is 3. The van der Waals surface area contributed by atoms with Gasteiger partial charge in [-0.3, -0.25) is 14.4 Å². The average Bonchev–Trinajstić information content (AvgIpc) is 4.22. The molecule has 5 aromatic rings. The minimum absolute atomic E-state index is 0.0510. The third-order valence-electron chi connectivity index (χ3n) is 14.3. The lowest BCUT2D eigenvalue weighted by Gasteiger charge is -2.35. The van der Waals surface area contributed by atoms with Crippen LogP contribution in [-0.2, 0) is 23.7 Å². The first-order chi connectivity index (χ1) is 37.5. The fraction of sp³-hybridized carbons (Fsp3) is 0.474. The van der Waals surface area contributed by atoms with Crippen molar-refractivity contribution in [2.75, 3.05) is 96.7 Å². The van der Waals surface area contributed by atoms with E-state index in [1.54, 1.807) is 29.2 Å². The van der Waals surface area contributed by atoms with E-state index < -0.39 is 11.9 Å². The highest BCUT2D eigenvalue weighted by Crippen LogP contribution is 2.42. The number of nitriles is 2. The van der Waals surface area contributed by atoms with Crippen molar-refractivity contribution in [2.24, 2.45) is 5.92 Å². The molecular formula is C57H70N12O8. The molecule has 3 amide bonds. The predicted molar refractivity (Wildman–Crippen MR) is 288 cm³/mol. The molecule has 0 unspecified atom stereocenters. The summed E-state index contributed by atoms with van der Waals surface area (Å²) in [5, 5.41) is 28.2. The van der Waals surface area contributed by atoms with Crippen LogP contribution in [0.2, 0.25) is 0 Å². The van der Waals surface area contributed by atoms with Gasteiger partial charge in [-0.1, -0.05) is 49.2 Å². The Morgan fingerprint density at radius 3 is 2.25 bits per heavy atom. The van der Waals surface area contributed by atoms with Crippen molar-refractivity contribution >= 4 is 29.2 Å². The van der Waals surface area contributed by atoms with Crippen LogP contribution < -0.4 is 26.6 Å². The fourth-order valence-corrected chi connectivity index (χ4v) is 10.4. The van der Waals surface area contributed by atoms with Crippen LogP contribution in [0.4, 0.5) is 11.5 Å². The summed E-state index contributed by atoms with van der Waals surface area (Å²) in [6.45, 7) is 9.08. The fourth-order valence-electron chi connectivity index (χ4n) is 10.4. The normalized spacial score (nSPS) is 19.3. The van der Waals surface area contributed by atoms with E-state index in [0.717, 1.165) is 43.2 Å². The number of nitrogens with zero attached hydrogens (tertiary/aromatic N) is 8. The van der Waals surface area contributed by atoms with Crippen LogP contribution in [0.25, 0.3) is 22.5 Å². The zero-order valence-electron chi connectivity index (χ0n) is 44.2. The Kier molecular flexibility index (Phi) is 19.9. The number of nitrogens with two attached hydrogens (primary N) is 1. The molecule has 20 nitrogen and oxygen atoms in total. The number of likely N-dealkylation sites (tertiary alicyclic amines) is 1. The molecule has 77 heavy (non-hydrogen) atoms. The van der Waals surface area contributed by atoms with Crippen LogP contribution in [0.3, 0.4) is 0 Å². The molecule has 2 aromatic heterocycles. The van der Waals surface area contributed by atoms with E-state index in [-0.39, 0.29) is 41.9 Å². The molecule has 0 bridgehead atoms. The second-order valence-electron chi connectivity index (χ2n) is 19.9. The number of nitrogens with one attached hydrogen (secondary N) is 3. The monoisotopic (exact) mass is 1050 g/mol. The first kappa shape index (κ1) is 55.8. The van der Waals surface area contributed by atoms with Crippen molar-refractivity contribution in [3.05, 3.63) is 114 Å². The van der Waals surface area contributed by atoms with Crippen LogP contribution in [0.15, 0.2) is 89.5 Å². The van der Waals surface area contributed by atoms with Crippen LogP contribution in [0.5, 0.6) is 0 Å². The van der Waals surface area contributed by atoms with Gasteiger partial charge in [-0.2, -0.15) is 10.5 Å². The van der Waals surface area contributed by atoms with Gasteiger partial charge in [0.25, 0.3) is 11.8 Å². The number of hydrogen-bond acceptors (Lipinski definition) is 17. The smallest absolute Gasteiger partial charge is 0.307 e. The Balaban J connectivity index is 0.669. The van der Waals surface area contributed by atoms with E-state index in [1.807, 2.05) is 75.5 Å². The summed E-state index contributed by atoms with van der Waals surface area (Å²) in [5.74, 6) is 1.27. The lowest BCUT2D eigenvalue weighted by atomic mass is 9.84. The number of anilines is 2. The summed E-state index contributed by atoms with van der Waals surface area (Å²) >= 11 is 0. The molecule has 3 aliphatic rings. The molecule has 5 N–H and O–H groups in total. The molecule has 406 valence electrons. The highest BCUT2D eigenvalue weighted by Gasteiger charge is 2.46. The van der Waals surface area contributed by atoms with Crippen molar-refractivity contribution in [3.63, 3.8) is 0 Å². The molecule has 1 saturated carbocycles. The number of likely N-dealkylation sites (N-methyl/N-ethyl adjacent to an activating group) is 1. The SMILES string of the molecule is Cc1nc([C@H](C)NC(=O)c2ccc(-c3ccc(N)cc3)cc2)cc(N2[C@H](C(=O)NCCOCCOCCOCCOCCN(C)C[C@@H]3C[C@@H](NC(=O)c4ncc(-c5cccc(C#N)c5)o4)CN3C#N)C[C@@H]3CCCC[C@@H]32)n1. The van der Waals surface area contributed by atoms with Gasteiger partial charge in [0.1, 0.15) is 17.7 Å². The number of fused-ring (bicyclic) bond motifs is 1. The number of benzene rings is 3. The van der Waals surface area contributed by atoms with E-state index in [1.165, 1.54) is 6.20 Å². The third kappa shape index (κ3) is 15.4. The summed E-state index contributed by atoms with van der Waals surface area (Å²) in [5.41, 5.74) is 10.9. The maximum absolute atomic E-state index is 13.9. The summed E-state index contributed by atoms with van der Waals surface area (Å²) in [7, 11) is 1.97. The average molecular weight is 1050 g/mol. The molecule has 3 aromatic carbocycles. The number of amides is 3. The van der Waals surface area contributed by atoms with Crippen molar-refractivity contribution in [1.29, 1.82) is 10.5 Å². The lowest BCUT2D eigenvalue weighted by Crippen LogP contribution is -2.48. The van der Waals surface area contributed by atoms with Crippen molar-refractivity contribution in [2.45, 2.75) is 82.6 Å². The van der Waals surface area contributed by atoms with E-state index in [2.05, 4.69) is 43.0 Å². The maximum Gasteiger partial charge on any atom is 0.307 e. The molecule has 2 saturated heterocycles. The van der Waals surface area contributed by atoms with Crippen molar-refractivity contribution in [3.8, 4) is 34.7 Å². The summed E-state index contributed by atoms with van der Waals surface area (Å²) in [6.07, 6.45) is 9.37. The maximum atomic E-state index is 13.9. The number of hydrogen-bond donors (Lipinski definition) is 4. The Morgan fingerprint density at radius 2 is 1.53 bits per heavy atom. The van der Waals surface area contributed by atoms with Crippen LogP contribution in [0, 0.1) is 35.6 Å². The topological polar surface area (TPSA) is 259 Å². The van der Waals surface area contributed by atoms with Crippen LogP contribution >= 0.6 is 0 Å². The van der Waals surface area contributed by atoms with Gasteiger partial charge in [-0.25, -0.2) is 15.0 Å². The van der Waals surface area contributed by atoms with Crippen molar-refractivity contribution < 1.29 is 37.7 Å². The number of carbonyl (C=O) groups is 3. The highest BCUT2D eigenvalue weighted by molar-refractivity contribution is 5.95. The van der Waals surface area contributed by atoms with E-state index in [4.69, 9.17) is 39.1 Å². The van der Waals surface area contributed by atoms with Gasteiger partial charge in [0.15, 0.2) is 12.0 Å². The Morgan fingerprint density at radius 1 is 0.844 bits per heavy atom. The van der Waals surface area contributed by atoms with Crippen molar-refractivity contribution in [1.82, 2.24) is 40.7 Å². The van der Waals surface area contributed by atoms with E-state index in [9.17, 15) is 24.9 Å². The number of carbonyl (C=O) groups excluding carboxylic acids is 3. The lowest BCUT2D eigenvalue weighted by molar-refractivity contribution is -0.122. The van der Waals surface area contributed by atoms with Gasteiger partial charge in [-0.05, 0) is 100 Å². The second-order valence-corrected chi connectivity index (χ2v) is 19.9. The molecular weight excluding hydrogens is 981 g/mol. The highest BCUT2D eigenvalue weighted by atomic mass is 16.6. The second kappa shape index (κ2) is 27.5. The third-order valence-corrected chi connectivity index (χ3v) is 14.3. The standard InChI is InChI=1S/C57H70N12O8/c1-38(63-54(70)43-13-11-41(12-14-43)42-15-17-46(60)18-16-42)49-32-53(65-39(2)64-49)69-50-10-5-4-8-44(50)30-51(69)55(71)61-19-21-73-23-25-75-27-28-76-26-24-74-22-20-67(3)36-48-31-47(35-68(48)37-59)66-56(72)57-62-34-52(77-57)45-9-6-7-40(29-45)33-58/h6-7,9,11-18,29,32,34,38,44,47-48,50-51H,4-5,8,10,19-28,30-31,35-36,60H2,1-3H3,(H,61,71)(H,63,70)(H,66,72)/t38-,44-,47+,48-,50-,51-/m0/s1. The Bertz CT molecular complexity index is 2830. The zero-order valence-corrected chi connectivity index (χ0v) is 44.2. The van der Waals surface area contributed by atoms with Crippen LogP contribution in [-0.4, -0.2) is 153 Å². The molecule has 0 radical (unpaired) electrons. The number of oxazole rings is 1. The molecule has 8 rings (SSSR count).